The molecule has 1 aromatic carbocycles. The van der Waals surface area contributed by atoms with Crippen LogP contribution >= 0.6 is 0 Å². The number of carbonyl (C=O) groups is 2. The minimum Gasteiger partial charge on any atom is -0.364 e. The van der Waals surface area contributed by atoms with Crippen LogP contribution in [0.25, 0.3) is 0 Å². The smallest absolute Gasteiger partial charge is 0.249 e. The Morgan fingerprint density at radius 2 is 2.00 bits per heavy atom. The first kappa shape index (κ1) is 15.5. The van der Waals surface area contributed by atoms with E-state index in [0.29, 0.717) is 13.1 Å². The van der Waals surface area contributed by atoms with Gasteiger partial charge in [0, 0.05) is 25.7 Å². The van der Waals surface area contributed by atoms with Gasteiger partial charge in [0.25, 0.3) is 0 Å². The van der Waals surface area contributed by atoms with Gasteiger partial charge in [-0.25, -0.2) is 0 Å². The van der Waals surface area contributed by atoms with Crippen molar-refractivity contribution in [2.45, 2.75) is 38.5 Å². The summed E-state index contributed by atoms with van der Waals surface area (Å²) in [6, 6.07) is 7.34. The second-order valence-electron chi connectivity index (χ2n) is 5.16. The molecule has 2 rings (SSSR count). The van der Waals surface area contributed by atoms with Gasteiger partial charge in [-0.3, -0.25) is 9.59 Å². The van der Waals surface area contributed by atoms with E-state index >= 15 is 0 Å². The van der Waals surface area contributed by atoms with Crippen molar-refractivity contribution in [2.75, 3.05) is 11.9 Å². The molecule has 6 heteroatoms. The highest BCUT2D eigenvalue weighted by atomic mass is 16.5. The first-order chi connectivity index (χ1) is 10.1. The second-order valence-corrected chi connectivity index (χ2v) is 5.16. The predicted molar refractivity (Wildman–Crippen MR) is 79.5 cm³/mol. The number of hydrogen-bond donors (Lipinski definition) is 3. The summed E-state index contributed by atoms with van der Waals surface area (Å²) in [5.74, 6) is -0.208. The molecule has 4 N–H and O–H groups in total. The molecule has 1 saturated heterocycles. The van der Waals surface area contributed by atoms with E-state index in [1.54, 1.807) is 12.1 Å². The van der Waals surface area contributed by atoms with E-state index < -0.39 is 6.10 Å². The summed E-state index contributed by atoms with van der Waals surface area (Å²) in [5.41, 5.74) is 7.23. The normalized spacial score (nSPS) is 21.0. The van der Waals surface area contributed by atoms with Crippen LogP contribution in [0.2, 0.25) is 0 Å². The van der Waals surface area contributed by atoms with Gasteiger partial charge in [0.05, 0.1) is 6.10 Å². The molecule has 0 saturated carbocycles. The van der Waals surface area contributed by atoms with Crippen molar-refractivity contribution in [1.29, 1.82) is 0 Å². The van der Waals surface area contributed by atoms with Gasteiger partial charge >= 0.3 is 0 Å². The maximum atomic E-state index is 12.0. The molecule has 0 unspecified atom stereocenters. The molecule has 2 atom stereocenters. The van der Waals surface area contributed by atoms with Crippen molar-refractivity contribution >= 4 is 17.5 Å². The first-order valence-electron chi connectivity index (χ1n) is 7.08. The molecule has 0 radical (unpaired) electrons. The highest BCUT2D eigenvalue weighted by Gasteiger charge is 2.29. The molecule has 114 valence electrons. The Kier molecular flexibility index (Phi) is 5.30. The van der Waals surface area contributed by atoms with E-state index in [1.807, 2.05) is 12.1 Å². The number of rotatable bonds is 5. The average Bonchev–Trinajstić information content (AvgIpc) is 2.94. The van der Waals surface area contributed by atoms with Crippen LogP contribution in [0.1, 0.15) is 25.3 Å². The predicted octanol–water partition coefficient (Wildman–Crippen LogP) is 0.768. The van der Waals surface area contributed by atoms with Crippen LogP contribution < -0.4 is 16.4 Å². The van der Waals surface area contributed by atoms with Gasteiger partial charge in [-0.2, -0.15) is 0 Å². The molecular weight excluding hydrogens is 270 g/mol. The zero-order valence-electron chi connectivity index (χ0n) is 12.1. The zero-order chi connectivity index (χ0) is 15.2. The Bertz CT molecular complexity index is 501. The van der Waals surface area contributed by atoms with Crippen molar-refractivity contribution in [3.05, 3.63) is 29.8 Å². The summed E-state index contributed by atoms with van der Waals surface area (Å²) >= 11 is 0. The lowest BCUT2D eigenvalue weighted by Gasteiger charge is -2.13. The Hall–Kier alpha value is -1.92. The van der Waals surface area contributed by atoms with Crippen LogP contribution in [-0.4, -0.2) is 30.6 Å². The molecule has 1 aliphatic heterocycles. The Morgan fingerprint density at radius 3 is 2.57 bits per heavy atom. The Labute approximate surface area is 124 Å². The molecule has 0 spiro atoms. The highest BCUT2D eigenvalue weighted by molar-refractivity contribution is 5.88. The van der Waals surface area contributed by atoms with Gasteiger partial charge in [-0.1, -0.05) is 12.1 Å². The Morgan fingerprint density at radius 1 is 1.29 bits per heavy atom. The van der Waals surface area contributed by atoms with Gasteiger partial charge in [-0.05, 0) is 30.5 Å². The SMILES string of the molecule is CC(=O)Nc1ccc(CNC(=O)[C@@H]2CC[C@H](CN)O2)cc1. The van der Waals surface area contributed by atoms with Gasteiger partial charge in [0.1, 0.15) is 6.10 Å². The molecule has 0 aromatic heterocycles. The molecule has 0 bridgehead atoms. The number of carbonyl (C=O) groups excluding carboxylic acids is 2. The third kappa shape index (κ3) is 4.54. The molecule has 1 aromatic rings. The maximum Gasteiger partial charge on any atom is 0.249 e. The highest BCUT2D eigenvalue weighted by Crippen LogP contribution is 2.19. The number of nitrogens with one attached hydrogen (secondary N) is 2. The fourth-order valence-corrected chi connectivity index (χ4v) is 2.28. The van der Waals surface area contributed by atoms with Crippen LogP contribution in [0.4, 0.5) is 5.69 Å². The quantitative estimate of drug-likeness (QED) is 0.747. The third-order valence-electron chi connectivity index (χ3n) is 3.40. The monoisotopic (exact) mass is 291 g/mol. The van der Waals surface area contributed by atoms with Crippen LogP contribution in [0.15, 0.2) is 24.3 Å². The third-order valence-corrected chi connectivity index (χ3v) is 3.40. The fraction of sp³-hybridized carbons (Fsp3) is 0.467. The number of benzene rings is 1. The van der Waals surface area contributed by atoms with Gasteiger partial charge in [0.2, 0.25) is 11.8 Å². The van der Waals surface area contributed by atoms with Crippen molar-refractivity contribution in [1.82, 2.24) is 5.32 Å². The topological polar surface area (TPSA) is 93.5 Å². The summed E-state index contributed by atoms with van der Waals surface area (Å²) in [5, 5.41) is 5.55. The van der Waals surface area contributed by atoms with Gasteiger partial charge in [0.15, 0.2) is 0 Å². The fourth-order valence-electron chi connectivity index (χ4n) is 2.28. The molecule has 1 aliphatic rings. The van der Waals surface area contributed by atoms with Crippen LogP contribution in [-0.2, 0) is 20.9 Å². The lowest BCUT2D eigenvalue weighted by atomic mass is 10.1. The van der Waals surface area contributed by atoms with Crippen molar-refractivity contribution in [2.24, 2.45) is 5.73 Å². The lowest BCUT2D eigenvalue weighted by molar-refractivity contribution is -0.132. The number of anilines is 1. The van der Waals surface area contributed by atoms with Gasteiger partial charge < -0.3 is 21.1 Å². The molecule has 1 fully saturated rings. The van der Waals surface area contributed by atoms with Crippen LogP contribution in [0.5, 0.6) is 0 Å². The standard InChI is InChI=1S/C15H21N3O3/c1-10(19)18-12-4-2-11(3-5-12)9-17-15(20)14-7-6-13(8-16)21-14/h2-5,13-14H,6-9,16H2,1H3,(H,17,20)(H,18,19)/t13-,14+/m1/s1. The van der Waals surface area contributed by atoms with Gasteiger partial charge in [-0.15, -0.1) is 0 Å². The summed E-state index contributed by atoms with van der Waals surface area (Å²) in [7, 11) is 0. The summed E-state index contributed by atoms with van der Waals surface area (Å²) in [6.07, 6.45) is 1.16. The van der Waals surface area contributed by atoms with E-state index in [0.717, 1.165) is 24.1 Å². The van der Waals surface area contributed by atoms with Crippen molar-refractivity contribution in [3.63, 3.8) is 0 Å². The summed E-state index contributed by atoms with van der Waals surface area (Å²) < 4.78 is 5.54. The molecular formula is C15H21N3O3. The first-order valence-corrected chi connectivity index (χ1v) is 7.08. The molecule has 21 heavy (non-hydrogen) atoms. The van der Waals surface area contributed by atoms with E-state index in [-0.39, 0.29) is 17.9 Å². The molecule has 1 heterocycles. The summed E-state index contributed by atoms with van der Waals surface area (Å²) in [4.78, 5) is 22.9. The number of ether oxygens (including phenoxy) is 1. The maximum absolute atomic E-state index is 12.0. The molecule has 6 nitrogen and oxygen atoms in total. The minimum atomic E-state index is -0.391. The van der Waals surface area contributed by atoms with E-state index in [1.165, 1.54) is 6.92 Å². The van der Waals surface area contributed by atoms with Crippen molar-refractivity contribution < 1.29 is 14.3 Å². The number of nitrogens with two attached hydrogens (primary N) is 1. The lowest BCUT2D eigenvalue weighted by Crippen LogP contribution is -2.35. The number of hydrogen-bond acceptors (Lipinski definition) is 4. The zero-order valence-corrected chi connectivity index (χ0v) is 12.1. The molecule has 2 amide bonds. The summed E-state index contributed by atoms with van der Waals surface area (Å²) in [6.45, 7) is 2.35. The van der Waals surface area contributed by atoms with E-state index in [2.05, 4.69) is 10.6 Å². The Balaban J connectivity index is 1.80. The second kappa shape index (κ2) is 7.19. The average molecular weight is 291 g/mol. The van der Waals surface area contributed by atoms with Crippen molar-refractivity contribution in [3.8, 4) is 0 Å². The van der Waals surface area contributed by atoms with E-state index in [9.17, 15) is 9.59 Å². The number of amides is 2. The van der Waals surface area contributed by atoms with E-state index in [4.69, 9.17) is 10.5 Å². The largest absolute Gasteiger partial charge is 0.364 e. The van der Waals surface area contributed by atoms with Crippen LogP contribution in [0.3, 0.4) is 0 Å². The molecule has 0 aliphatic carbocycles. The van der Waals surface area contributed by atoms with Crippen LogP contribution in [0, 0.1) is 0 Å². The minimum absolute atomic E-state index is 0.00214.